The fourth-order valence-electron chi connectivity index (χ4n) is 3.98. The van der Waals surface area contributed by atoms with Gasteiger partial charge in [0.2, 0.25) is 0 Å². The lowest BCUT2D eigenvalue weighted by Gasteiger charge is -2.40. The second kappa shape index (κ2) is 6.30. The van der Waals surface area contributed by atoms with E-state index in [4.69, 9.17) is 4.74 Å². The highest BCUT2D eigenvalue weighted by Gasteiger charge is 2.37. The van der Waals surface area contributed by atoms with E-state index >= 15 is 0 Å². The van der Waals surface area contributed by atoms with Crippen LogP contribution in [-0.2, 0) is 18.3 Å². The number of imidazole rings is 1. The third-order valence-electron chi connectivity index (χ3n) is 5.56. The Morgan fingerprint density at radius 1 is 1.18 bits per heavy atom. The average Bonchev–Trinajstić information content (AvgIpc) is 3.27. The van der Waals surface area contributed by atoms with Crippen LogP contribution in [0.15, 0.2) is 12.4 Å². The molecule has 0 radical (unpaired) electrons. The molecule has 3 heterocycles. The Kier molecular flexibility index (Phi) is 4.20. The van der Waals surface area contributed by atoms with Gasteiger partial charge in [-0.05, 0) is 31.6 Å². The molecule has 3 fully saturated rings. The second-order valence-corrected chi connectivity index (χ2v) is 7.22. The van der Waals surface area contributed by atoms with Crippen molar-refractivity contribution in [2.24, 2.45) is 13.0 Å². The van der Waals surface area contributed by atoms with E-state index in [1.54, 1.807) is 0 Å². The Hall–Kier alpha value is -0.910. The standard InChI is InChI=1S/C17H28N4O/c1-19-9-6-18-17(19)13-20-7-4-15-16(5-8-20)22-11-10-21(15)12-14-2-3-14/h6,9,14-16H,2-5,7-8,10-13H2,1H3. The first-order chi connectivity index (χ1) is 10.8. The van der Waals surface area contributed by atoms with Crippen LogP contribution >= 0.6 is 0 Å². The molecule has 0 aromatic carbocycles. The predicted molar refractivity (Wildman–Crippen MR) is 85.5 cm³/mol. The molecule has 1 aromatic heterocycles. The van der Waals surface area contributed by atoms with E-state index in [0.717, 1.165) is 38.6 Å². The molecule has 5 heteroatoms. The first-order valence-electron chi connectivity index (χ1n) is 8.84. The van der Waals surface area contributed by atoms with Gasteiger partial charge in [0.15, 0.2) is 0 Å². The summed E-state index contributed by atoms with van der Waals surface area (Å²) in [7, 11) is 2.08. The molecule has 1 aliphatic carbocycles. The molecule has 2 saturated heterocycles. The van der Waals surface area contributed by atoms with Crippen molar-refractivity contribution in [2.45, 2.75) is 44.4 Å². The van der Waals surface area contributed by atoms with Crippen LogP contribution in [0.25, 0.3) is 0 Å². The number of aromatic nitrogens is 2. The Labute approximate surface area is 133 Å². The molecule has 1 saturated carbocycles. The molecule has 2 atom stereocenters. The summed E-state index contributed by atoms with van der Waals surface area (Å²) in [5.41, 5.74) is 0. The zero-order valence-electron chi connectivity index (χ0n) is 13.7. The number of hydrogen-bond donors (Lipinski definition) is 0. The smallest absolute Gasteiger partial charge is 0.122 e. The minimum atomic E-state index is 0.443. The Morgan fingerprint density at radius 3 is 2.82 bits per heavy atom. The number of rotatable bonds is 4. The van der Waals surface area contributed by atoms with Crippen LogP contribution in [0.3, 0.4) is 0 Å². The van der Waals surface area contributed by atoms with Gasteiger partial charge >= 0.3 is 0 Å². The van der Waals surface area contributed by atoms with Crippen molar-refractivity contribution in [3.8, 4) is 0 Å². The van der Waals surface area contributed by atoms with Crippen molar-refractivity contribution in [1.29, 1.82) is 0 Å². The van der Waals surface area contributed by atoms with Crippen LogP contribution in [-0.4, -0.2) is 64.3 Å². The minimum absolute atomic E-state index is 0.443. The summed E-state index contributed by atoms with van der Waals surface area (Å²) in [6.07, 6.45) is 9.66. The predicted octanol–water partition coefficient (Wildman–Crippen LogP) is 1.50. The van der Waals surface area contributed by atoms with Crippen molar-refractivity contribution < 1.29 is 4.74 Å². The summed E-state index contributed by atoms with van der Waals surface area (Å²) < 4.78 is 8.24. The summed E-state index contributed by atoms with van der Waals surface area (Å²) in [6, 6.07) is 0.640. The first kappa shape index (κ1) is 14.7. The van der Waals surface area contributed by atoms with Crippen molar-refractivity contribution in [3.05, 3.63) is 18.2 Å². The van der Waals surface area contributed by atoms with E-state index in [-0.39, 0.29) is 0 Å². The van der Waals surface area contributed by atoms with Crippen molar-refractivity contribution in [1.82, 2.24) is 19.4 Å². The summed E-state index contributed by atoms with van der Waals surface area (Å²) in [6.45, 7) is 6.63. The molecule has 0 spiro atoms. The summed E-state index contributed by atoms with van der Waals surface area (Å²) in [4.78, 5) is 9.76. The number of fused-ring (bicyclic) bond motifs is 1. The second-order valence-electron chi connectivity index (χ2n) is 7.22. The Balaban J connectivity index is 1.38. The molecular weight excluding hydrogens is 276 g/mol. The fourth-order valence-corrected chi connectivity index (χ4v) is 3.98. The van der Waals surface area contributed by atoms with Gasteiger partial charge < -0.3 is 9.30 Å². The molecule has 3 aliphatic rings. The third-order valence-corrected chi connectivity index (χ3v) is 5.56. The van der Waals surface area contributed by atoms with E-state index in [1.807, 2.05) is 12.4 Å². The maximum Gasteiger partial charge on any atom is 0.122 e. The first-order valence-corrected chi connectivity index (χ1v) is 8.84. The normalized spacial score (nSPS) is 31.0. The van der Waals surface area contributed by atoms with Crippen molar-refractivity contribution in [2.75, 3.05) is 32.8 Å². The Bertz CT molecular complexity index is 499. The lowest BCUT2D eigenvalue weighted by molar-refractivity contribution is -0.0727. The van der Waals surface area contributed by atoms with E-state index in [2.05, 4.69) is 26.4 Å². The van der Waals surface area contributed by atoms with E-state index in [1.165, 1.54) is 38.2 Å². The van der Waals surface area contributed by atoms with Crippen molar-refractivity contribution >= 4 is 0 Å². The monoisotopic (exact) mass is 304 g/mol. The molecule has 2 aliphatic heterocycles. The number of nitrogens with zero attached hydrogens (tertiary/aromatic N) is 4. The van der Waals surface area contributed by atoms with Gasteiger partial charge in [0.1, 0.15) is 5.82 Å². The molecule has 0 N–H and O–H groups in total. The summed E-state index contributed by atoms with van der Waals surface area (Å²) in [5.74, 6) is 2.14. The van der Waals surface area contributed by atoms with Crippen LogP contribution in [0, 0.1) is 5.92 Å². The third kappa shape index (κ3) is 3.21. The zero-order valence-corrected chi connectivity index (χ0v) is 13.7. The molecule has 22 heavy (non-hydrogen) atoms. The molecule has 2 unspecified atom stereocenters. The topological polar surface area (TPSA) is 33.5 Å². The molecule has 4 rings (SSSR count). The summed E-state index contributed by atoms with van der Waals surface area (Å²) >= 11 is 0. The van der Waals surface area contributed by atoms with E-state index in [9.17, 15) is 0 Å². The molecule has 122 valence electrons. The lowest BCUT2D eigenvalue weighted by atomic mass is 10.0. The SMILES string of the molecule is Cn1ccnc1CN1CCC2OCCN(CC3CC3)C2CC1. The number of ether oxygens (including phenoxy) is 1. The van der Waals surface area contributed by atoms with Gasteiger partial charge in [0.05, 0.1) is 19.3 Å². The maximum absolute atomic E-state index is 6.11. The average molecular weight is 304 g/mol. The molecule has 0 bridgehead atoms. The lowest BCUT2D eigenvalue weighted by Crippen LogP contribution is -2.51. The highest BCUT2D eigenvalue weighted by atomic mass is 16.5. The van der Waals surface area contributed by atoms with Crippen LogP contribution in [0.2, 0.25) is 0 Å². The van der Waals surface area contributed by atoms with Gasteiger partial charge in [0.25, 0.3) is 0 Å². The van der Waals surface area contributed by atoms with Crippen LogP contribution in [0.4, 0.5) is 0 Å². The minimum Gasteiger partial charge on any atom is -0.375 e. The van der Waals surface area contributed by atoms with Gasteiger partial charge in [-0.25, -0.2) is 4.98 Å². The van der Waals surface area contributed by atoms with E-state index in [0.29, 0.717) is 12.1 Å². The van der Waals surface area contributed by atoms with Crippen LogP contribution in [0.5, 0.6) is 0 Å². The number of morpholine rings is 1. The molecular formula is C17H28N4O. The highest BCUT2D eigenvalue weighted by Crippen LogP contribution is 2.33. The van der Waals surface area contributed by atoms with Crippen LogP contribution in [0.1, 0.15) is 31.5 Å². The van der Waals surface area contributed by atoms with Gasteiger partial charge in [-0.1, -0.05) is 0 Å². The molecule has 5 nitrogen and oxygen atoms in total. The number of aryl methyl sites for hydroxylation is 1. The number of likely N-dealkylation sites (tertiary alicyclic amines) is 1. The van der Waals surface area contributed by atoms with Gasteiger partial charge in [-0.15, -0.1) is 0 Å². The zero-order chi connectivity index (χ0) is 14.9. The fraction of sp³-hybridized carbons (Fsp3) is 0.824. The van der Waals surface area contributed by atoms with Gasteiger partial charge in [-0.3, -0.25) is 9.80 Å². The largest absolute Gasteiger partial charge is 0.375 e. The summed E-state index contributed by atoms with van der Waals surface area (Å²) in [5, 5.41) is 0. The molecule has 0 amide bonds. The van der Waals surface area contributed by atoms with E-state index < -0.39 is 0 Å². The molecule has 1 aromatic rings. The van der Waals surface area contributed by atoms with Gasteiger partial charge in [-0.2, -0.15) is 0 Å². The van der Waals surface area contributed by atoms with Gasteiger partial charge in [0, 0.05) is 51.7 Å². The Morgan fingerprint density at radius 2 is 2.05 bits per heavy atom. The quantitative estimate of drug-likeness (QED) is 0.844. The number of hydrogen-bond acceptors (Lipinski definition) is 4. The highest BCUT2D eigenvalue weighted by molar-refractivity contribution is 4.94. The van der Waals surface area contributed by atoms with Crippen LogP contribution < -0.4 is 0 Å². The maximum atomic E-state index is 6.11. The van der Waals surface area contributed by atoms with Crippen molar-refractivity contribution in [3.63, 3.8) is 0 Å².